The number of piperidine rings is 1. The van der Waals surface area contributed by atoms with Crippen LogP contribution in [-0.4, -0.2) is 30.3 Å². The Hall–Kier alpha value is -0.370. The fraction of sp³-hybridized carbons (Fsp3) is 0.889. The van der Waals surface area contributed by atoms with Gasteiger partial charge in [-0.2, -0.15) is 0 Å². The first-order chi connectivity index (χ1) is 5.27. The van der Waals surface area contributed by atoms with Crippen LogP contribution in [0.3, 0.4) is 0 Å². The Morgan fingerprint density at radius 3 is 3.00 bits per heavy atom. The van der Waals surface area contributed by atoms with Gasteiger partial charge in [0.1, 0.15) is 5.78 Å². The molecular formula is C9H15NO. The van der Waals surface area contributed by atoms with Crippen LogP contribution in [0, 0.1) is 5.92 Å². The van der Waals surface area contributed by atoms with Crippen LogP contribution in [-0.2, 0) is 4.79 Å². The number of hydrogen-bond donors (Lipinski definition) is 0. The van der Waals surface area contributed by atoms with Crippen LogP contribution >= 0.6 is 0 Å². The molecule has 2 nitrogen and oxygen atoms in total. The summed E-state index contributed by atoms with van der Waals surface area (Å²) in [6.45, 7) is 1.13. The number of fused-ring (bicyclic) bond motifs is 2. The van der Waals surface area contributed by atoms with Gasteiger partial charge in [0, 0.05) is 6.42 Å². The summed E-state index contributed by atoms with van der Waals surface area (Å²) in [6.07, 6.45) is 4.43. The van der Waals surface area contributed by atoms with E-state index in [1.807, 2.05) is 0 Å². The predicted octanol–water partition coefficient (Wildman–Crippen LogP) is 1.06. The molecule has 11 heavy (non-hydrogen) atoms. The van der Waals surface area contributed by atoms with Gasteiger partial charge in [0.25, 0.3) is 0 Å². The lowest BCUT2D eigenvalue weighted by Gasteiger charge is -2.39. The molecule has 1 aliphatic carbocycles. The van der Waals surface area contributed by atoms with Crippen LogP contribution in [0.5, 0.6) is 0 Å². The molecule has 0 unspecified atom stereocenters. The van der Waals surface area contributed by atoms with E-state index < -0.39 is 0 Å². The van der Waals surface area contributed by atoms with Crippen LogP contribution in [0.2, 0.25) is 0 Å². The second-order valence-corrected chi connectivity index (χ2v) is 3.89. The maximum Gasteiger partial charge on any atom is 0.149 e. The number of hydrogen-bond acceptors (Lipinski definition) is 2. The van der Waals surface area contributed by atoms with Crippen molar-refractivity contribution in [2.24, 2.45) is 5.92 Å². The zero-order chi connectivity index (χ0) is 7.84. The van der Waals surface area contributed by atoms with Crippen molar-refractivity contribution in [1.29, 1.82) is 0 Å². The van der Waals surface area contributed by atoms with E-state index in [9.17, 15) is 4.79 Å². The van der Waals surface area contributed by atoms with Crippen LogP contribution < -0.4 is 0 Å². The van der Waals surface area contributed by atoms with Gasteiger partial charge in [0.15, 0.2) is 0 Å². The lowest BCUT2D eigenvalue weighted by molar-refractivity contribution is -0.128. The molecule has 1 heterocycles. The van der Waals surface area contributed by atoms with Crippen LogP contribution in [0.1, 0.15) is 25.7 Å². The number of carbonyl (C=O) groups is 1. The van der Waals surface area contributed by atoms with Crippen molar-refractivity contribution in [3.8, 4) is 0 Å². The van der Waals surface area contributed by atoms with E-state index in [0.717, 1.165) is 31.7 Å². The predicted molar refractivity (Wildman–Crippen MR) is 43.4 cm³/mol. The molecule has 2 aliphatic rings. The molecule has 1 saturated heterocycles. The first-order valence-corrected chi connectivity index (χ1v) is 4.50. The van der Waals surface area contributed by atoms with Gasteiger partial charge in [-0.1, -0.05) is 0 Å². The second-order valence-electron chi connectivity index (χ2n) is 3.89. The minimum Gasteiger partial charge on any atom is -0.298 e. The fourth-order valence-corrected chi connectivity index (χ4v) is 2.31. The van der Waals surface area contributed by atoms with Crippen molar-refractivity contribution >= 4 is 5.78 Å². The Kier molecular flexibility index (Phi) is 1.72. The summed E-state index contributed by atoms with van der Waals surface area (Å²) < 4.78 is 0. The molecule has 2 bridgehead atoms. The van der Waals surface area contributed by atoms with Crippen LogP contribution in [0.25, 0.3) is 0 Å². The van der Waals surface area contributed by atoms with E-state index >= 15 is 0 Å². The maximum atomic E-state index is 11.4. The van der Waals surface area contributed by atoms with Crippen LogP contribution in [0.15, 0.2) is 0 Å². The summed E-state index contributed by atoms with van der Waals surface area (Å²) >= 11 is 0. The summed E-state index contributed by atoms with van der Waals surface area (Å²) in [6, 6.07) is 0.280. The standard InChI is InChI=1S/C9H15NO/c1-10-5-4-7-2-3-9(11)8(10)6-7/h7-8H,2-6H2,1H3/t7-,8+/m0/s1. The molecule has 2 rings (SSSR count). The highest BCUT2D eigenvalue weighted by atomic mass is 16.1. The van der Waals surface area contributed by atoms with Gasteiger partial charge >= 0.3 is 0 Å². The average molecular weight is 153 g/mol. The highest BCUT2D eigenvalue weighted by Gasteiger charge is 2.34. The summed E-state index contributed by atoms with van der Waals surface area (Å²) in [7, 11) is 2.07. The second kappa shape index (κ2) is 2.59. The molecule has 1 aliphatic heterocycles. The third kappa shape index (κ3) is 1.20. The number of nitrogens with zero attached hydrogens (tertiary/aromatic N) is 1. The SMILES string of the molecule is CN1CC[C@@H]2CCC(=O)[C@H]1C2. The van der Waals surface area contributed by atoms with Gasteiger partial charge in [0.05, 0.1) is 6.04 Å². The number of Topliss-reactive ketones (excluding diaryl/α,β-unsaturated/α-hetero) is 1. The van der Waals surface area contributed by atoms with Crippen molar-refractivity contribution in [2.45, 2.75) is 31.7 Å². The van der Waals surface area contributed by atoms with Crippen molar-refractivity contribution < 1.29 is 4.79 Å². The summed E-state index contributed by atoms with van der Waals surface area (Å²) in [5, 5.41) is 0. The normalized spacial score (nSPS) is 39.2. The molecule has 2 heteroatoms. The maximum absolute atomic E-state index is 11.4. The van der Waals surface area contributed by atoms with E-state index in [2.05, 4.69) is 11.9 Å². The van der Waals surface area contributed by atoms with Gasteiger partial charge < -0.3 is 0 Å². The largest absolute Gasteiger partial charge is 0.298 e. The summed E-state index contributed by atoms with van der Waals surface area (Å²) in [5.74, 6) is 1.33. The van der Waals surface area contributed by atoms with E-state index in [1.165, 1.54) is 6.42 Å². The van der Waals surface area contributed by atoms with E-state index in [1.54, 1.807) is 0 Å². The van der Waals surface area contributed by atoms with Gasteiger partial charge in [-0.25, -0.2) is 0 Å². The topological polar surface area (TPSA) is 20.3 Å². The van der Waals surface area contributed by atoms with E-state index in [0.29, 0.717) is 5.78 Å². The zero-order valence-electron chi connectivity index (χ0n) is 7.05. The Balaban J connectivity index is 2.11. The monoisotopic (exact) mass is 153 g/mol. The number of ketones is 1. The smallest absolute Gasteiger partial charge is 0.149 e. The number of likely N-dealkylation sites (tertiary alicyclic amines) is 1. The zero-order valence-corrected chi connectivity index (χ0v) is 7.05. The van der Waals surface area contributed by atoms with Crippen molar-refractivity contribution in [3.05, 3.63) is 0 Å². The Bertz CT molecular complexity index is 178. The first-order valence-electron chi connectivity index (χ1n) is 4.50. The summed E-state index contributed by atoms with van der Waals surface area (Å²) in [5.41, 5.74) is 0. The molecule has 0 N–H and O–H groups in total. The minimum absolute atomic E-state index is 0.280. The third-order valence-electron chi connectivity index (χ3n) is 3.15. The highest BCUT2D eigenvalue weighted by Crippen LogP contribution is 2.31. The van der Waals surface area contributed by atoms with Crippen LogP contribution in [0.4, 0.5) is 0 Å². The third-order valence-corrected chi connectivity index (χ3v) is 3.15. The molecule has 0 aromatic carbocycles. The Morgan fingerprint density at radius 2 is 2.27 bits per heavy atom. The number of likely N-dealkylation sites (N-methyl/N-ethyl adjacent to an activating group) is 1. The van der Waals surface area contributed by atoms with E-state index in [4.69, 9.17) is 0 Å². The van der Waals surface area contributed by atoms with E-state index in [-0.39, 0.29) is 6.04 Å². The lowest BCUT2D eigenvalue weighted by atomic mass is 9.79. The molecule has 2 fully saturated rings. The average Bonchev–Trinajstić information content (AvgIpc) is 2.02. The van der Waals surface area contributed by atoms with Gasteiger partial charge in [-0.3, -0.25) is 9.69 Å². The molecule has 0 spiro atoms. The molecule has 1 saturated carbocycles. The molecule has 0 amide bonds. The van der Waals surface area contributed by atoms with Crippen molar-refractivity contribution in [2.75, 3.05) is 13.6 Å². The van der Waals surface area contributed by atoms with Gasteiger partial charge in [0.2, 0.25) is 0 Å². The Labute approximate surface area is 67.6 Å². The molecule has 62 valence electrons. The minimum atomic E-state index is 0.280. The fourth-order valence-electron chi connectivity index (χ4n) is 2.31. The highest BCUT2D eigenvalue weighted by molar-refractivity contribution is 5.84. The number of carbonyl (C=O) groups excluding carboxylic acids is 1. The molecule has 0 radical (unpaired) electrons. The Morgan fingerprint density at radius 1 is 1.45 bits per heavy atom. The molecular weight excluding hydrogens is 138 g/mol. The van der Waals surface area contributed by atoms with Gasteiger partial charge in [-0.15, -0.1) is 0 Å². The van der Waals surface area contributed by atoms with Crippen molar-refractivity contribution in [1.82, 2.24) is 4.90 Å². The quantitative estimate of drug-likeness (QED) is 0.518. The van der Waals surface area contributed by atoms with Crippen molar-refractivity contribution in [3.63, 3.8) is 0 Å². The molecule has 0 aromatic heterocycles. The van der Waals surface area contributed by atoms with Gasteiger partial charge in [-0.05, 0) is 38.8 Å². The molecule has 0 aromatic rings. The number of rotatable bonds is 0. The molecule has 2 atom stereocenters. The summed E-state index contributed by atoms with van der Waals surface area (Å²) in [4.78, 5) is 13.6. The first kappa shape index (κ1) is 7.29. The lowest BCUT2D eigenvalue weighted by Crippen LogP contribution is -2.47.